The molecule has 0 aromatic heterocycles. The zero-order chi connectivity index (χ0) is 13.5. The molecule has 0 heterocycles. The molecule has 0 fully saturated rings. The average molecular weight is 317 g/mol. The monoisotopic (exact) mass is 316 g/mol. The fourth-order valence-electron chi connectivity index (χ4n) is 1.29. The molecule has 0 aliphatic carbocycles. The lowest BCUT2D eigenvalue weighted by Gasteiger charge is -2.13. The van der Waals surface area contributed by atoms with Gasteiger partial charge in [0.15, 0.2) is 18.1 Å². The second-order valence-corrected chi connectivity index (χ2v) is 4.08. The number of hydrogen-bond donors (Lipinski definition) is 2. The van der Waals surface area contributed by atoms with Gasteiger partial charge in [-0.2, -0.15) is 5.10 Å². The maximum Gasteiger partial charge on any atom is 0.341 e. The number of aliphatic carboxylic acids is 1. The van der Waals surface area contributed by atoms with Gasteiger partial charge in [-0.05, 0) is 40.5 Å². The summed E-state index contributed by atoms with van der Waals surface area (Å²) in [4.78, 5) is 10.5. The maximum atomic E-state index is 10.5. The number of benzene rings is 1. The van der Waals surface area contributed by atoms with E-state index < -0.39 is 12.6 Å². The van der Waals surface area contributed by atoms with E-state index in [2.05, 4.69) is 21.0 Å². The number of halogens is 1. The molecule has 0 saturated carbocycles. The highest BCUT2D eigenvalue weighted by molar-refractivity contribution is 9.10. The summed E-state index contributed by atoms with van der Waals surface area (Å²) in [6, 6.07) is 3.37. The topological polar surface area (TPSA) is 94.1 Å². The zero-order valence-electron chi connectivity index (χ0n) is 9.72. The summed E-state index contributed by atoms with van der Waals surface area (Å²) < 4.78 is 11.1. The molecule has 3 N–H and O–H groups in total. The zero-order valence-corrected chi connectivity index (χ0v) is 11.3. The van der Waals surface area contributed by atoms with E-state index in [0.29, 0.717) is 22.6 Å². The molecule has 6 nitrogen and oxygen atoms in total. The molecule has 18 heavy (non-hydrogen) atoms. The molecule has 1 rings (SSSR count). The van der Waals surface area contributed by atoms with Crippen molar-refractivity contribution < 1.29 is 19.4 Å². The first-order valence-corrected chi connectivity index (χ1v) is 5.92. The van der Waals surface area contributed by atoms with Crippen LogP contribution in [0.3, 0.4) is 0 Å². The van der Waals surface area contributed by atoms with Crippen molar-refractivity contribution in [3.8, 4) is 11.5 Å². The SMILES string of the molecule is CCOc1cc(C=NN)cc(Br)c1OCC(=O)O. The Morgan fingerprint density at radius 2 is 2.28 bits per heavy atom. The lowest BCUT2D eigenvalue weighted by Crippen LogP contribution is -2.11. The number of carboxylic acids is 1. The molecule has 98 valence electrons. The van der Waals surface area contributed by atoms with Crippen LogP contribution in [0.15, 0.2) is 21.7 Å². The lowest BCUT2D eigenvalue weighted by molar-refractivity contribution is -0.139. The van der Waals surface area contributed by atoms with E-state index in [0.717, 1.165) is 5.56 Å². The summed E-state index contributed by atoms with van der Waals surface area (Å²) in [6.45, 7) is 1.81. The Kier molecular flexibility index (Phi) is 5.44. The van der Waals surface area contributed by atoms with Crippen LogP contribution < -0.4 is 15.3 Å². The normalized spacial score (nSPS) is 10.6. The largest absolute Gasteiger partial charge is 0.490 e. The number of hydrogen-bond acceptors (Lipinski definition) is 5. The summed E-state index contributed by atoms with van der Waals surface area (Å²) in [7, 11) is 0. The third kappa shape index (κ3) is 3.92. The molecule has 0 atom stereocenters. The Balaban J connectivity index is 3.09. The number of ether oxygens (including phenoxy) is 2. The first-order valence-electron chi connectivity index (χ1n) is 5.12. The van der Waals surface area contributed by atoms with Crippen molar-refractivity contribution >= 4 is 28.1 Å². The maximum absolute atomic E-state index is 10.5. The van der Waals surface area contributed by atoms with E-state index in [4.69, 9.17) is 20.4 Å². The van der Waals surface area contributed by atoms with Gasteiger partial charge in [-0.3, -0.25) is 0 Å². The van der Waals surface area contributed by atoms with Crippen LogP contribution in [-0.4, -0.2) is 30.5 Å². The van der Waals surface area contributed by atoms with Crippen LogP contribution in [0.2, 0.25) is 0 Å². The van der Waals surface area contributed by atoms with E-state index in [1.165, 1.54) is 6.21 Å². The lowest BCUT2D eigenvalue weighted by atomic mass is 10.2. The van der Waals surface area contributed by atoms with Gasteiger partial charge in [0.1, 0.15) is 0 Å². The molecule has 1 aromatic carbocycles. The van der Waals surface area contributed by atoms with E-state index >= 15 is 0 Å². The first kappa shape index (κ1) is 14.3. The van der Waals surface area contributed by atoms with Crippen molar-refractivity contribution in [1.29, 1.82) is 0 Å². The van der Waals surface area contributed by atoms with Crippen molar-refractivity contribution in [1.82, 2.24) is 0 Å². The second kappa shape index (κ2) is 6.85. The van der Waals surface area contributed by atoms with Crippen LogP contribution in [0, 0.1) is 0 Å². The Bertz CT molecular complexity index is 463. The molecule has 7 heteroatoms. The molecular weight excluding hydrogens is 304 g/mol. The Hall–Kier alpha value is -1.76. The van der Waals surface area contributed by atoms with Crippen molar-refractivity contribution in [2.75, 3.05) is 13.2 Å². The van der Waals surface area contributed by atoms with Crippen LogP contribution in [-0.2, 0) is 4.79 Å². The van der Waals surface area contributed by atoms with Crippen LogP contribution in [0.1, 0.15) is 12.5 Å². The van der Waals surface area contributed by atoms with Gasteiger partial charge in [0.25, 0.3) is 0 Å². The second-order valence-electron chi connectivity index (χ2n) is 3.22. The van der Waals surface area contributed by atoms with Crippen molar-refractivity contribution in [3.05, 3.63) is 22.2 Å². The van der Waals surface area contributed by atoms with Crippen molar-refractivity contribution in [2.24, 2.45) is 10.9 Å². The fraction of sp³-hybridized carbons (Fsp3) is 0.273. The molecule has 0 aliphatic heterocycles. The predicted octanol–water partition coefficient (Wildman–Crippen LogP) is 1.60. The molecule has 0 bridgehead atoms. The number of carbonyl (C=O) groups is 1. The molecule has 0 saturated heterocycles. The highest BCUT2D eigenvalue weighted by Gasteiger charge is 2.13. The fourth-order valence-corrected chi connectivity index (χ4v) is 1.86. The predicted molar refractivity (Wildman–Crippen MR) is 70.2 cm³/mol. The summed E-state index contributed by atoms with van der Waals surface area (Å²) in [5.74, 6) is 4.79. The Labute approximate surface area is 113 Å². The summed E-state index contributed by atoms with van der Waals surface area (Å²) in [5.41, 5.74) is 0.718. The third-order valence-electron chi connectivity index (χ3n) is 1.90. The van der Waals surface area contributed by atoms with Crippen molar-refractivity contribution in [2.45, 2.75) is 6.92 Å². The van der Waals surface area contributed by atoms with E-state index in [9.17, 15) is 4.79 Å². The van der Waals surface area contributed by atoms with Crippen LogP contribution >= 0.6 is 15.9 Å². The number of carboxylic acid groups (broad SMARTS) is 1. The summed E-state index contributed by atoms with van der Waals surface area (Å²) in [5, 5.41) is 12.0. The molecule has 0 amide bonds. The molecule has 0 spiro atoms. The van der Waals surface area contributed by atoms with Crippen LogP contribution in [0.5, 0.6) is 11.5 Å². The van der Waals surface area contributed by atoms with E-state index in [1.54, 1.807) is 12.1 Å². The van der Waals surface area contributed by atoms with Gasteiger partial charge < -0.3 is 20.4 Å². The number of rotatable bonds is 6. The van der Waals surface area contributed by atoms with E-state index in [1.807, 2.05) is 6.92 Å². The van der Waals surface area contributed by atoms with Gasteiger partial charge in [0, 0.05) is 0 Å². The number of nitrogens with two attached hydrogens (primary N) is 1. The molecule has 0 unspecified atom stereocenters. The molecule has 1 aromatic rings. The Morgan fingerprint density at radius 1 is 1.56 bits per heavy atom. The summed E-state index contributed by atoms with van der Waals surface area (Å²) >= 11 is 3.29. The van der Waals surface area contributed by atoms with Gasteiger partial charge in [0.2, 0.25) is 0 Å². The van der Waals surface area contributed by atoms with Gasteiger partial charge in [-0.15, -0.1) is 0 Å². The van der Waals surface area contributed by atoms with Gasteiger partial charge >= 0.3 is 5.97 Å². The molecule has 0 aliphatic rings. The summed E-state index contributed by atoms with van der Waals surface area (Å²) in [6.07, 6.45) is 1.45. The highest BCUT2D eigenvalue weighted by atomic mass is 79.9. The number of nitrogens with zero attached hydrogens (tertiary/aromatic N) is 1. The Morgan fingerprint density at radius 3 is 2.83 bits per heavy atom. The average Bonchev–Trinajstić information content (AvgIpc) is 2.28. The van der Waals surface area contributed by atoms with Gasteiger partial charge in [0.05, 0.1) is 17.3 Å². The van der Waals surface area contributed by atoms with Gasteiger partial charge in [-0.25, -0.2) is 4.79 Å². The quantitative estimate of drug-likeness (QED) is 0.472. The minimum absolute atomic E-state index is 0.341. The molecule has 0 radical (unpaired) electrons. The first-order chi connectivity index (χ1) is 8.58. The van der Waals surface area contributed by atoms with Crippen molar-refractivity contribution in [3.63, 3.8) is 0 Å². The van der Waals surface area contributed by atoms with Crippen LogP contribution in [0.4, 0.5) is 0 Å². The standard InChI is InChI=1S/C11H13BrN2O4/c1-2-17-9-4-7(5-14-13)3-8(12)11(9)18-6-10(15)16/h3-5H,2,6,13H2,1H3,(H,15,16). The highest BCUT2D eigenvalue weighted by Crippen LogP contribution is 2.36. The minimum Gasteiger partial charge on any atom is -0.490 e. The number of hydrazone groups is 1. The minimum atomic E-state index is -1.06. The van der Waals surface area contributed by atoms with Gasteiger partial charge in [-0.1, -0.05) is 0 Å². The van der Waals surface area contributed by atoms with Crippen LogP contribution in [0.25, 0.3) is 0 Å². The molecular formula is C11H13BrN2O4. The third-order valence-corrected chi connectivity index (χ3v) is 2.48. The van der Waals surface area contributed by atoms with E-state index in [-0.39, 0.29) is 0 Å². The smallest absolute Gasteiger partial charge is 0.341 e.